The number of unbranched alkanes of at least 4 members (excludes halogenated alkanes) is 1. The van der Waals surface area contributed by atoms with Gasteiger partial charge in [-0.3, -0.25) is 4.79 Å². The number of nitrogens with one attached hydrogen (secondary N) is 1. The molecule has 0 saturated heterocycles. The number of hydrogen-bond acceptors (Lipinski definition) is 5. The van der Waals surface area contributed by atoms with Crippen LogP contribution in [0.15, 0.2) is 22.9 Å². The Kier molecular flexibility index (Phi) is 6.12. The predicted molar refractivity (Wildman–Crippen MR) is 97.5 cm³/mol. The zero-order valence-electron chi connectivity index (χ0n) is 14.0. The maximum Gasteiger partial charge on any atom is 0.326 e. The topological polar surface area (TPSA) is 79.3 Å². The molecule has 5 nitrogen and oxygen atoms in total. The lowest BCUT2D eigenvalue weighted by Gasteiger charge is -2.24. The zero-order chi connectivity index (χ0) is 17.7. The summed E-state index contributed by atoms with van der Waals surface area (Å²) in [5, 5.41) is 16.7. The van der Waals surface area contributed by atoms with E-state index in [4.69, 9.17) is 0 Å². The van der Waals surface area contributed by atoms with Gasteiger partial charge in [0.2, 0.25) is 5.91 Å². The van der Waals surface area contributed by atoms with Crippen molar-refractivity contribution in [2.24, 2.45) is 0 Å². The number of hydrogen-bond donors (Lipinski definition) is 2. The van der Waals surface area contributed by atoms with Crippen molar-refractivity contribution in [3.05, 3.63) is 28.6 Å². The van der Waals surface area contributed by atoms with E-state index in [1.165, 1.54) is 11.3 Å². The number of amides is 1. The standard InChI is InChI=1S/C17H22N2O3S2/c1-4-5-7-11(15(20)21)18-16(22)17(2,3)13-10-24-14(19-13)12-8-6-9-23-12/h6,8-11H,4-5,7H2,1-3H3,(H,18,22)(H,20,21)/t11-/m0/s1. The van der Waals surface area contributed by atoms with Crippen LogP contribution in [0.5, 0.6) is 0 Å². The summed E-state index contributed by atoms with van der Waals surface area (Å²) in [6.07, 6.45) is 2.08. The first-order valence-electron chi connectivity index (χ1n) is 7.90. The second-order valence-corrected chi connectivity index (χ2v) is 7.95. The minimum atomic E-state index is -0.995. The maximum absolute atomic E-state index is 12.6. The molecule has 0 aliphatic heterocycles. The Morgan fingerprint density at radius 1 is 1.38 bits per heavy atom. The molecule has 0 aromatic carbocycles. The van der Waals surface area contributed by atoms with Crippen molar-refractivity contribution >= 4 is 34.6 Å². The molecule has 0 spiro atoms. The van der Waals surface area contributed by atoms with Gasteiger partial charge in [0.25, 0.3) is 0 Å². The predicted octanol–water partition coefficient (Wildman–Crippen LogP) is 3.91. The fourth-order valence-corrected chi connectivity index (χ4v) is 4.00. The first kappa shape index (κ1) is 18.6. The van der Waals surface area contributed by atoms with Gasteiger partial charge in [-0.25, -0.2) is 9.78 Å². The minimum absolute atomic E-state index is 0.311. The molecule has 2 aromatic heterocycles. The Hall–Kier alpha value is -1.73. The van der Waals surface area contributed by atoms with Crippen LogP contribution in [0.2, 0.25) is 0 Å². The summed E-state index contributed by atoms with van der Waals surface area (Å²) >= 11 is 3.10. The van der Waals surface area contributed by atoms with Gasteiger partial charge in [-0.2, -0.15) is 0 Å². The van der Waals surface area contributed by atoms with Crippen molar-refractivity contribution in [2.75, 3.05) is 0 Å². The third kappa shape index (κ3) is 4.21. The number of aromatic nitrogens is 1. The van der Waals surface area contributed by atoms with Crippen molar-refractivity contribution in [1.29, 1.82) is 0 Å². The highest BCUT2D eigenvalue weighted by molar-refractivity contribution is 7.20. The van der Waals surface area contributed by atoms with Gasteiger partial charge in [0.15, 0.2) is 0 Å². The summed E-state index contributed by atoms with van der Waals surface area (Å²) in [6.45, 7) is 5.54. The summed E-state index contributed by atoms with van der Waals surface area (Å²) in [4.78, 5) is 29.6. The highest BCUT2D eigenvalue weighted by Gasteiger charge is 2.35. The molecule has 1 amide bonds. The highest BCUT2D eigenvalue weighted by atomic mass is 32.1. The van der Waals surface area contributed by atoms with Crippen LogP contribution < -0.4 is 5.32 Å². The number of thiazole rings is 1. The number of rotatable bonds is 8. The fraction of sp³-hybridized carbons (Fsp3) is 0.471. The van der Waals surface area contributed by atoms with Crippen molar-refractivity contribution in [1.82, 2.24) is 10.3 Å². The average molecular weight is 367 g/mol. The third-order valence-electron chi connectivity index (χ3n) is 3.89. The highest BCUT2D eigenvalue weighted by Crippen LogP contribution is 2.32. The van der Waals surface area contributed by atoms with E-state index in [0.29, 0.717) is 12.1 Å². The average Bonchev–Trinajstić information content (AvgIpc) is 3.20. The minimum Gasteiger partial charge on any atom is -0.480 e. The molecule has 0 bridgehead atoms. The van der Waals surface area contributed by atoms with Gasteiger partial charge in [-0.15, -0.1) is 22.7 Å². The lowest BCUT2D eigenvalue weighted by molar-refractivity contribution is -0.142. The molecule has 2 heterocycles. The SMILES string of the molecule is CCCC[C@H](NC(=O)C(C)(C)c1csc(-c2cccs2)n1)C(=O)O. The summed E-state index contributed by atoms with van der Waals surface area (Å²) in [7, 11) is 0. The lowest BCUT2D eigenvalue weighted by Crippen LogP contribution is -2.48. The number of carbonyl (C=O) groups excluding carboxylic acids is 1. The van der Waals surface area contributed by atoms with Crippen LogP contribution in [0.25, 0.3) is 9.88 Å². The molecular formula is C17H22N2O3S2. The lowest BCUT2D eigenvalue weighted by atomic mass is 9.88. The fourth-order valence-electron chi connectivity index (χ4n) is 2.19. The second-order valence-electron chi connectivity index (χ2n) is 6.15. The monoisotopic (exact) mass is 366 g/mol. The van der Waals surface area contributed by atoms with Crippen LogP contribution in [-0.4, -0.2) is 28.0 Å². The van der Waals surface area contributed by atoms with E-state index >= 15 is 0 Å². The molecule has 7 heteroatoms. The van der Waals surface area contributed by atoms with E-state index in [1.54, 1.807) is 25.2 Å². The molecular weight excluding hydrogens is 344 g/mol. The van der Waals surface area contributed by atoms with Crippen LogP contribution in [0, 0.1) is 0 Å². The molecule has 2 rings (SSSR count). The second kappa shape index (κ2) is 7.90. The smallest absolute Gasteiger partial charge is 0.326 e. The maximum atomic E-state index is 12.6. The van der Waals surface area contributed by atoms with Crippen LogP contribution in [0.4, 0.5) is 0 Å². The number of carbonyl (C=O) groups is 2. The van der Waals surface area contributed by atoms with E-state index < -0.39 is 17.4 Å². The molecule has 2 aromatic rings. The first-order valence-corrected chi connectivity index (χ1v) is 9.65. The van der Waals surface area contributed by atoms with E-state index in [1.807, 2.05) is 29.8 Å². The van der Waals surface area contributed by atoms with E-state index in [9.17, 15) is 14.7 Å². The number of thiophene rings is 1. The van der Waals surface area contributed by atoms with Crippen molar-refractivity contribution in [3.63, 3.8) is 0 Å². The normalized spacial score (nSPS) is 12.8. The van der Waals surface area contributed by atoms with E-state index in [0.717, 1.165) is 22.7 Å². The molecule has 1 atom stereocenters. The summed E-state index contributed by atoms with van der Waals surface area (Å²) < 4.78 is 0. The Morgan fingerprint density at radius 2 is 2.12 bits per heavy atom. The Bertz CT molecular complexity index is 693. The number of carboxylic acid groups (broad SMARTS) is 1. The molecule has 0 unspecified atom stereocenters. The van der Waals surface area contributed by atoms with Crippen LogP contribution in [-0.2, 0) is 15.0 Å². The molecule has 130 valence electrons. The number of carboxylic acids is 1. The van der Waals surface area contributed by atoms with Gasteiger partial charge >= 0.3 is 5.97 Å². The number of nitrogens with zero attached hydrogens (tertiary/aromatic N) is 1. The van der Waals surface area contributed by atoms with Crippen molar-refractivity contribution in [2.45, 2.75) is 51.5 Å². The van der Waals surface area contributed by atoms with Gasteiger partial charge in [0, 0.05) is 5.38 Å². The first-order chi connectivity index (χ1) is 11.4. The number of aliphatic carboxylic acids is 1. The van der Waals surface area contributed by atoms with Crippen LogP contribution in [0.1, 0.15) is 45.7 Å². The van der Waals surface area contributed by atoms with Gasteiger partial charge in [0.05, 0.1) is 16.0 Å². The third-order valence-corrected chi connectivity index (χ3v) is 5.78. The van der Waals surface area contributed by atoms with E-state index in [-0.39, 0.29) is 5.91 Å². The van der Waals surface area contributed by atoms with Gasteiger partial charge in [-0.05, 0) is 31.7 Å². The molecule has 0 aliphatic carbocycles. The Balaban J connectivity index is 2.13. The van der Waals surface area contributed by atoms with E-state index in [2.05, 4.69) is 10.3 Å². The van der Waals surface area contributed by atoms with Crippen molar-refractivity contribution < 1.29 is 14.7 Å². The molecule has 0 saturated carbocycles. The van der Waals surface area contributed by atoms with Gasteiger partial charge in [-0.1, -0.05) is 25.8 Å². The zero-order valence-corrected chi connectivity index (χ0v) is 15.7. The van der Waals surface area contributed by atoms with Crippen LogP contribution >= 0.6 is 22.7 Å². The summed E-state index contributed by atoms with van der Waals surface area (Å²) in [5.74, 6) is -1.31. The molecule has 0 fully saturated rings. The Morgan fingerprint density at radius 3 is 2.71 bits per heavy atom. The summed E-state index contributed by atoms with van der Waals surface area (Å²) in [6, 6.07) is 3.10. The van der Waals surface area contributed by atoms with Crippen LogP contribution in [0.3, 0.4) is 0 Å². The Labute approximate surface area is 149 Å². The quantitative estimate of drug-likeness (QED) is 0.742. The molecule has 2 N–H and O–H groups in total. The largest absolute Gasteiger partial charge is 0.480 e. The molecule has 24 heavy (non-hydrogen) atoms. The summed E-state index contributed by atoms with van der Waals surface area (Å²) in [5.41, 5.74) is -0.223. The van der Waals surface area contributed by atoms with Gasteiger partial charge in [0.1, 0.15) is 11.0 Å². The van der Waals surface area contributed by atoms with Crippen molar-refractivity contribution in [3.8, 4) is 9.88 Å². The molecule has 0 radical (unpaired) electrons. The molecule has 0 aliphatic rings. The van der Waals surface area contributed by atoms with Gasteiger partial charge < -0.3 is 10.4 Å².